The van der Waals surface area contributed by atoms with Crippen molar-refractivity contribution in [3.8, 4) is 0 Å². The van der Waals surface area contributed by atoms with Crippen molar-refractivity contribution in [2.24, 2.45) is 0 Å². The number of piperidine rings is 1. The average Bonchev–Trinajstić information content (AvgIpc) is 2.65. The molecule has 0 bridgehead atoms. The predicted octanol–water partition coefficient (Wildman–Crippen LogP) is 2.19. The molecular weight excluding hydrogens is 366 g/mol. The van der Waals surface area contributed by atoms with Crippen LogP contribution < -0.4 is 10.8 Å². The van der Waals surface area contributed by atoms with E-state index in [9.17, 15) is 14.4 Å². The van der Waals surface area contributed by atoms with Gasteiger partial charge in [0.25, 0.3) is 5.91 Å². The van der Waals surface area contributed by atoms with Crippen LogP contribution in [0.5, 0.6) is 0 Å². The third kappa shape index (κ3) is 5.85. The number of nitrogens with zero attached hydrogens (tertiary/aromatic N) is 1. The van der Waals surface area contributed by atoms with Crippen LogP contribution in [0.3, 0.4) is 0 Å². The summed E-state index contributed by atoms with van der Waals surface area (Å²) in [5, 5.41) is 11.7. The number of hydroxylamine groups is 1. The first-order valence-electron chi connectivity index (χ1n) is 9.06. The molecule has 154 valence electrons. The van der Waals surface area contributed by atoms with Crippen molar-refractivity contribution >= 4 is 18.1 Å². The van der Waals surface area contributed by atoms with E-state index in [0.29, 0.717) is 13.0 Å². The number of carbonyl (C=O) groups is 3. The molecule has 28 heavy (non-hydrogen) atoms. The van der Waals surface area contributed by atoms with E-state index in [4.69, 9.17) is 14.7 Å². The molecular formula is C19H27N3O6. The summed E-state index contributed by atoms with van der Waals surface area (Å²) in [6.45, 7) is 5.47. The van der Waals surface area contributed by atoms with Crippen LogP contribution in [0.25, 0.3) is 0 Å². The number of amides is 3. The molecule has 0 aromatic heterocycles. The van der Waals surface area contributed by atoms with Gasteiger partial charge in [0.2, 0.25) is 0 Å². The van der Waals surface area contributed by atoms with Gasteiger partial charge in [0.1, 0.15) is 17.7 Å². The molecule has 2 rings (SSSR count). The number of ether oxygens (including phenoxy) is 2. The van der Waals surface area contributed by atoms with E-state index in [1.54, 1.807) is 38.4 Å². The van der Waals surface area contributed by atoms with E-state index in [-0.39, 0.29) is 19.6 Å². The van der Waals surface area contributed by atoms with Crippen LogP contribution in [0.4, 0.5) is 9.59 Å². The fraction of sp³-hybridized carbons (Fsp3) is 0.526. The fourth-order valence-corrected chi connectivity index (χ4v) is 2.94. The summed E-state index contributed by atoms with van der Waals surface area (Å²) < 4.78 is 10.5. The molecule has 0 aliphatic carbocycles. The van der Waals surface area contributed by atoms with Crippen LogP contribution in [-0.4, -0.2) is 52.4 Å². The van der Waals surface area contributed by atoms with E-state index in [2.05, 4.69) is 5.32 Å². The Morgan fingerprint density at radius 3 is 2.50 bits per heavy atom. The average molecular weight is 393 g/mol. The van der Waals surface area contributed by atoms with Crippen LogP contribution in [0.2, 0.25) is 0 Å². The van der Waals surface area contributed by atoms with Gasteiger partial charge in [-0.2, -0.15) is 0 Å². The highest BCUT2D eigenvalue weighted by molar-refractivity contribution is 5.90. The molecule has 1 aliphatic rings. The van der Waals surface area contributed by atoms with Gasteiger partial charge in [0.15, 0.2) is 0 Å². The Kier molecular flexibility index (Phi) is 6.85. The van der Waals surface area contributed by atoms with E-state index in [1.165, 1.54) is 4.90 Å². The van der Waals surface area contributed by atoms with Crippen molar-refractivity contribution in [3.63, 3.8) is 0 Å². The third-order valence-electron chi connectivity index (χ3n) is 4.23. The highest BCUT2D eigenvalue weighted by Gasteiger charge is 2.46. The molecule has 1 aromatic rings. The first-order chi connectivity index (χ1) is 13.1. The van der Waals surface area contributed by atoms with Crippen molar-refractivity contribution in [3.05, 3.63) is 35.9 Å². The molecule has 1 atom stereocenters. The molecule has 1 fully saturated rings. The number of rotatable bonds is 4. The lowest BCUT2D eigenvalue weighted by Crippen LogP contribution is -2.66. The lowest BCUT2D eigenvalue weighted by atomic mass is 9.88. The van der Waals surface area contributed by atoms with Gasteiger partial charge in [-0.1, -0.05) is 30.3 Å². The summed E-state index contributed by atoms with van der Waals surface area (Å²) >= 11 is 0. The lowest BCUT2D eigenvalue weighted by molar-refractivity contribution is -0.138. The minimum absolute atomic E-state index is 0.0271. The molecule has 9 heteroatoms. The van der Waals surface area contributed by atoms with Gasteiger partial charge >= 0.3 is 12.2 Å². The largest absolute Gasteiger partial charge is 0.445 e. The summed E-state index contributed by atoms with van der Waals surface area (Å²) in [4.78, 5) is 38.3. The summed E-state index contributed by atoms with van der Waals surface area (Å²) in [5.41, 5.74) is 0.151. The maximum Gasteiger partial charge on any atom is 0.410 e. The number of benzene rings is 1. The van der Waals surface area contributed by atoms with Crippen molar-refractivity contribution in [2.45, 2.75) is 51.4 Å². The molecule has 9 nitrogen and oxygen atoms in total. The quantitative estimate of drug-likeness (QED) is 0.533. The molecule has 0 radical (unpaired) electrons. The van der Waals surface area contributed by atoms with Crippen LogP contribution in [0.15, 0.2) is 30.3 Å². The zero-order chi connectivity index (χ0) is 20.8. The van der Waals surface area contributed by atoms with Gasteiger partial charge in [-0.3, -0.25) is 10.0 Å². The number of hydrogen-bond donors (Lipinski definition) is 3. The highest BCUT2D eigenvalue weighted by atomic mass is 16.6. The molecule has 3 N–H and O–H groups in total. The highest BCUT2D eigenvalue weighted by Crippen LogP contribution is 2.24. The van der Waals surface area contributed by atoms with Gasteiger partial charge in [0, 0.05) is 6.54 Å². The summed E-state index contributed by atoms with van der Waals surface area (Å²) in [6, 6.07) is 9.08. The van der Waals surface area contributed by atoms with Gasteiger partial charge < -0.3 is 19.7 Å². The first kappa shape index (κ1) is 21.5. The van der Waals surface area contributed by atoms with Gasteiger partial charge in [-0.05, 0) is 39.2 Å². The second kappa shape index (κ2) is 8.92. The zero-order valence-electron chi connectivity index (χ0n) is 16.4. The Labute approximate surface area is 163 Å². The van der Waals surface area contributed by atoms with Crippen molar-refractivity contribution < 1.29 is 29.1 Å². The molecule has 0 saturated carbocycles. The Bertz CT molecular complexity index is 703. The van der Waals surface area contributed by atoms with E-state index in [0.717, 1.165) is 5.56 Å². The molecule has 3 amide bonds. The minimum Gasteiger partial charge on any atom is -0.445 e. The standard InChI is InChI=1S/C19H27N3O6/c1-18(2,3)28-17(25)22-11-7-10-19(13-22,15(23)21-26)20-16(24)27-12-14-8-5-4-6-9-14/h4-6,8-9,26H,7,10-13H2,1-3H3,(H,20,24)(H,21,23). The second-order valence-corrected chi connectivity index (χ2v) is 7.72. The van der Waals surface area contributed by atoms with Crippen LogP contribution in [-0.2, 0) is 20.9 Å². The summed E-state index contributed by atoms with van der Waals surface area (Å²) in [7, 11) is 0. The maximum absolute atomic E-state index is 12.4. The SMILES string of the molecule is CC(C)(C)OC(=O)N1CCCC(NC(=O)OCc2ccccc2)(C(=O)NO)C1. The Morgan fingerprint density at radius 2 is 1.89 bits per heavy atom. The number of nitrogens with one attached hydrogen (secondary N) is 2. The van der Waals surface area contributed by atoms with Crippen LogP contribution >= 0.6 is 0 Å². The third-order valence-corrected chi connectivity index (χ3v) is 4.23. The summed E-state index contributed by atoms with van der Waals surface area (Å²) in [5.74, 6) is -0.822. The monoisotopic (exact) mass is 393 g/mol. The van der Waals surface area contributed by atoms with Gasteiger partial charge in [0.05, 0.1) is 6.54 Å². The fourth-order valence-electron chi connectivity index (χ4n) is 2.94. The van der Waals surface area contributed by atoms with Crippen LogP contribution in [0, 0.1) is 0 Å². The van der Waals surface area contributed by atoms with Crippen molar-refractivity contribution in [1.82, 2.24) is 15.7 Å². The van der Waals surface area contributed by atoms with Gasteiger partial charge in [-0.15, -0.1) is 0 Å². The number of likely N-dealkylation sites (tertiary alicyclic amines) is 1. The first-order valence-corrected chi connectivity index (χ1v) is 9.06. The Balaban J connectivity index is 2.07. The summed E-state index contributed by atoms with van der Waals surface area (Å²) in [6.07, 6.45) is -0.745. The molecule has 1 saturated heterocycles. The minimum atomic E-state index is -1.52. The molecule has 1 aromatic carbocycles. The number of alkyl carbamates (subject to hydrolysis) is 1. The van der Waals surface area contributed by atoms with Crippen molar-refractivity contribution in [1.29, 1.82) is 0 Å². The normalized spacial score (nSPS) is 19.5. The number of hydrogen-bond acceptors (Lipinski definition) is 6. The molecule has 1 heterocycles. The molecule has 1 unspecified atom stereocenters. The molecule has 1 aliphatic heterocycles. The van der Waals surface area contributed by atoms with E-state index < -0.39 is 29.2 Å². The molecule has 0 spiro atoms. The smallest absolute Gasteiger partial charge is 0.410 e. The van der Waals surface area contributed by atoms with Crippen molar-refractivity contribution in [2.75, 3.05) is 13.1 Å². The van der Waals surface area contributed by atoms with Crippen LogP contribution in [0.1, 0.15) is 39.2 Å². The van der Waals surface area contributed by atoms with Gasteiger partial charge in [-0.25, -0.2) is 15.1 Å². The topological polar surface area (TPSA) is 117 Å². The number of carbonyl (C=O) groups excluding carboxylic acids is 3. The lowest BCUT2D eigenvalue weighted by Gasteiger charge is -2.41. The van der Waals surface area contributed by atoms with E-state index >= 15 is 0 Å². The van der Waals surface area contributed by atoms with E-state index in [1.807, 2.05) is 18.2 Å². The Hall–Kier alpha value is -2.81. The second-order valence-electron chi connectivity index (χ2n) is 7.72. The maximum atomic E-state index is 12.4. The zero-order valence-corrected chi connectivity index (χ0v) is 16.4. The predicted molar refractivity (Wildman–Crippen MR) is 99.5 cm³/mol. The Morgan fingerprint density at radius 1 is 1.21 bits per heavy atom.